The molecule has 20 heavy (non-hydrogen) atoms. The number of nitrogens with one attached hydrogen (secondary N) is 1. The summed E-state index contributed by atoms with van der Waals surface area (Å²) in [5.74, 6) is 1.61. The van der Waals surface area contributed by atoms with Gasteiger partial charge < -0.3 is 5.32 Å². The second-order valence-corrected chi connectivity index (χ2v) is 4.95. The van der Waals surface area contributed by atoms with E-state index in [1.807, 2.05) is 4.68 Å². The van der Waals surface area contributed by atoms with Gasteiger partial charge in [0, 0.05) is 19.5 Å². The van der Waals surface area contributed by atoms with E-state index in [9.17, 15) is 0 Å². The van der Waals surface area contributed by atoms with Crippen molar-refractivity contribution in [2.45, 2.75) is 39.2 Å². The Balaban J connectivity index is 2.01. The van der Waals surface area contributed by atoms with Gasteiger partial charge in [-0.25, -0.2) is 4.98 Å². The molecule has 2 aromatic rings. The maximum Gasteiger partial charge on any atom is 0.138 e. The molecule has 0 saturated carbocycles. The minimum absolute atomic E-state index is 0.526. The number of hydrogen-bond donors (Lipinski definition) is 1. The molecule has 1 N–H and O–H groups in total. The highest BCUT2D eigenvalue weighted by atomic mass is 15.3. The summed E-state index contributed by atoms with van der Waals surface area (Å²) in [6, 6.07) is 10.7. The lowest BCUT2D eigenvalue weighted by atomic mass is 9.94. The first kappa shape index (κ1) is 14.7. The van der Waals surface area contributed by atoms with Crippen molar-refractivity contribution in [2.75, 3.05) is 13.1 Å². The van der Waals surface area contributed by atoms with Gasteiger partial charge in [-0.05, 0) is 31.4 Å². The number of benzene rings is 1. The molecule has 4 heteroatoms. The number of aromatic nitrogens is 3. The molecule has 0 bridgehead atoms. The molecule has 108 valence electrons. The average Bonchev–Trinajstić information content (AvgIpc) is 2.96. The summed E-state index contributed by atoms with van der Waals surface area (Å²) < 4.78 is 1.98. The molecule has 2 rings (SSSR count). The van der Waals surface area contributed by atoms with Crippen molar-refractivity contribution < 1.29 is 0 Å². The van der Waals surface area contributed by atoms with Crippen LogP contribution in [0.15, 0.2) is 36.7 Å². The van der Waals surface area contributed by atoms with Crippen LogP contribution in [-0.2, 0) is 13.0 Å². The Morgan fingerprint density at radius 1 is 1.20 bits per heavy atom. The molecule has 0 radical (unpaired) electrons. The number of rotatable bonds is 8. The first-order valence-electron chi connectivity index (χ1n) is 7.47. The molecular formula is C16H24N4. The molecule has 0 spiro atoms. The summed E-state index contributed by atoms with van der Waals surface area (Å²) in [6.07, 6.45) is 3.72. The molecule has 1 aromatic heterocycles. The van der Waals surface area contributed by atoms with Gasteiger partial charge in [-0.15, -0.1) is 0 Å². The number of aryl methyl sites for hydroxylation is 2. The summed E-state index contributed by atoms with van der Waals surface area (Å²) in [5, 5.41) is 7.70. The fraction of sp³-hybridized carbons (Fsp3) is 0.500. The van der Waals surface area contributed by atoms with Crippen LogP contribution in [0.5, 0.6) is 0 Å². The van der Waals surface area contributed by atoms with Gasteiger partial charge in [-0.3, -0.25) is 4.68 Å². The van der Waals surface area contributed by atoms with Crippen molar-refractivity contribution in [3.63, 3.8) is 0 Å². The molecule has 0 saturated heterocycles. The van der Waals surface area contributed by atoms with Gasteiger partial charge in [-0.2, -0.15) is 5.10 Å². The van der Waals surface area contributed by atoms with E-state index in [4.69, 9.17) is 0 Å². The van der Waals surface area contributed by atoms with Crippen molar-refractivity contribution in [3.05, 3.63) is 48.0 Å². The number of likely N-dealkylation sites (N-methyl/N-ethyl adjacent to an activating group) is 1. The predicted molar refractivity (Wildman–Crippen MR) is 81.7 cm³/mol. The van der Waals surface area contributed by atoms with Crippen molar-refractivity contribution in [1.29, 1.82) is 0 Å². The first-order chi connectivity index (χ1) is 9.85. The fourth-order valence-electron chi connectivity index (χ4n) is 2.48. The van der Waals surface area contributed by atoms with E-state index in [2.05, 4.69) is 59.6 Å². The van der Waals surface area contributed by atoms with Gasteiger partial charge in [0.2, 0.25) is 0 Å². The third kappa shape index (κ3) is 3.90. The van der Waals surface area contributed by atoms with Crippen LogP contribution in [0.25, 0.3) is 0 Å². The summed E-state index contributed by atoms with van der Waals surface area (Å²) in [5.41, 5.74) is 1.40. The Hall–Kier alpha value is -1.68. The van der Waals surface area contributed by atoms with Crippen LogP contribution in [0.4, 0.5) is 0 Å². The highest BCUT2D eigenvalue weighted by Crippen LogP contribution is 2.20. The van der Waals surface area contributed by atoms with Gasteiger partial charge in [0.15, 0.2) is 0 Å². The molecule has 0 aliphatic carbocycles. The highest BCUT2D eigenvalue weighted by molar-refractivity contribution is 5.20. The van der Waals surface area contributed by atoms with Crippen LogP contribution in [0.1, 0.15) is 37.6 Å². The molecule has 4 nitrogen and oxygen atoms in total. The quantitative estimate of drug-likeness (QED) is 0.803. The topological polar surface area (TPSA) is 42.7 Å². The van der Waals surface area contributed by atoms with Gasteiger partial charge in [0.1, 0.15) is 12.2 Å². The van der Waals surface area contributed by atoms with E-state index in [-0.39, 0.29) is 0 Å². The Morgan fingerprint density at radius 3 is 2.70 bits per heavy atom. The third-order valence-corrected chi connectivity index (χ3v) is 3.62. The molecule has 1 atom stereocenters. The average molecular weight is 272 g/mol. The van der Waals surface area contributed by atoms with Crippen LogP contribution < -0.4 is 5.32 Å². The largest absolute Gasteiger partial charge is 0.316 e. The summed E-state index contributed by atoms with van der Waals surface area (Å²) >= 11 is 0. The zero-order valence-electron chi connectivity index (χ0n) is 12.4. The van der Waals surface area contributed by atoms with E-state index in [1.54, 1.807) is 6.33 Å². The van der Waals surface area contributed by atoms with Crippen LogP contribution >= 0.6 is 0 Å². The van der Waals surface area contributed by atoms with E-state index in [0.29, 0.717) is 5.92 Å². The molecule has 0 aliphatic rings. The minimum Gasteiger partial charge on any atom is -0.316 e. The van der Waals surface area contributed by atoms with Gasteiger partial charge in [-0.1, -0.05) is 37.3 Å². The SMILES string of the molecule is CCNCC(CCc1ncnn1CC)c1ccccc1. The summed E-state index contributed by atoms with van der Waals surface area (Å²) in [4.78, 5) is 4.36. The Morgan fingerprint density at radius 2 is 2.00 bits per heavy atom. The highest BCUT2D eigenvalue weighted by Gasteiger charge is 2.13. The Kier molecular flexibility index (Phi) is 5.74. The number of nitrogens with zero attached hydrogens (tertiary/aromatic N) is 3. The van der Waals surface area contributed by atoms with Gasteiger partial charge in [0.05, 0.1) is 0 Å². The first-order valence-corrected chi connectivity index (χ1v) is 7.47. The summed E-state index contributed by atoms with van der Waals surface area (Å²) in [6.45, 7) is 7.16. The molecule has 1 unspecified atom stereocenters. The van der Waals surface area contributed by atoms with Crippen molar-refractivity contribution in [1.82, 2.24) is 20.1 Å². The lowest BCUT2D eigenvalue weighted by Crippen LogP contribution is -2.22. The van der Waals surface area contributed by atoms with Crippen LogP contribution in [0.3, 0.4) is 0 Å². The zero-order valence-corrected chi connectivity index (χ0v) is 12.4. The smallest absolute Gasteiger partial charge is 0.138 e. The van der Waals surface area contributed by atoms with E-state index < -0.39 is 0 Å². The van der Waals surface area contributed by atoms with Gasteiger partial charge >= 0.3 is 0 Å². The Labute approximate surface area is 121 Å². The molecule has 0 aliphatic heterocycles. The molecule has 1 aromatic carbocycles. The van der Waals surface area contributed by atoms with Gasteiger partial charge in [0.25, 0.3) is 0 Å². The third-order valence-electron chi connectivity index (χ3n) is 3.62. The van der Waals surface area contributed by atoms with E-state index in [0.717, 1.165) is 38.3 Å². The molecular weight excluding hydrogens is 248 g/mol. The van der Waals surface area contributed by atoms with Crippen molar-refractivity contribution >= 4 is 0 Å². The predicted octanol–water partition coefficient (Wildman–Crippen LogP) is 2.62. The summed E-state index contributed by atoms with van der Waals surface area (Å²) in [7, 11) is 0. The standard InChI is InChI=1S/C16H24N4/c1-3-17-12-15(14-8-6-5-7-9-14)10-11-16-18-13-19-20(16)4-2/h5-9,13,15,17H,3-4,10-12H2,1-2H3. The molecule has 0 amide bonds. The second kappa shape index (κ2) is 7.80. The van der Waals surface area contributed by atoms with Crippen molar-refractivity contribution in [2.24, 2.45) is 0 Å². The molecule has 0 fully saturated rings. The fourth-order valence-corrected chi connectivity index (χ4v) is 2.48. The maximum atomic E-state index is 4.36. The lowest BCUT2D eigenvalue weighted by molar-refractivity contribution is 0.534. The maximum absolute atomic E-state index is 4.36. The van der Waals surface area contributed by atoms with Crippen LogP contribution in [0, 0.1) is 0 Å². The minimum atomic E-state index is 0.526. The number of hydrogen-bond acceptors (Lipinski definition) is 3. The zero-order chi connectivity index (χ0) is 14.2. The molecule has 1 heterocycles. The second-order valence-electron chi connectivity index (χ2n) is 4.95. The van der Waals surface area contributed by atoms with Crippen LogP contribution in [0.2, 0.25) is 0 Å². The van der Waals surface area contributed by atoms with E-state index >= 15 is 0 Å². The Bertz CT molecular complexity index is 492. The van der Waals surface area contributed by atoms with Crippen molar-refractivity contribution in [3.8, 4) is 0 Å². The van der Waals surface area contributed by atoms with E-state index in [1.165, 1.54) is 5.56 Å². The lowest BCUT2D eigenvalue weighted by Gasteiger charge is -2.17. The monoisotopic (exact) mass is 272 g/mol. The normalized spacial score (nSPS) is 12.5. The van der Waals surface area contributed by atoms with Crippen LogP contribution in [-0.4, -0.2) is 27.9 Å².